The Morgan fingerprint density at radius 2 is 2.04 bits per heavy atom. The van der Waals surface area contributed by atoms with Crippen molar-refractivity contribution in [3.05, 3.63) is 54.4 Å². The number of aromatic nitrogens is 2. The predicted octanol–water partition coefficient (Wildman–Crippen LogP) is 4.85. The number of imidazole rings is 1. The molecule has 0 spiro atoms. The highest BCUT2D eigenvalue weighted by molar-refractivity contribution is 7.99. The van der Waals surface area contributed by atoms with Crippen LogP contribution < -0.4 is 5.32 Å². The van der Waals surface area contributed by atoms with E-state index in [9.17, 15) is 13.6 Å². The quantitative estimate of drug-likeness (QED) is 0.583. The monoisotopic (exact) mass is 393 g/mol. The second-order valence-corrected chi connectivity index (χ2v) is 7.42. The summed E-state index contributed by atoms with van der Waals surface area (Å²) in [5.41, 5.74) is 2.24. The fourth-order valence-electron chi connectivity index (χ4n) is 2.64. The van der Waals surface area contributed by atoms with Crippen LogP contribution in [0.4, 0.5) is 14.5 Å². The van der Waals surface area contributed by atoms with Crippen LogP contribution in [0.5, 0.6) is 0 Å². The van der Waals surface area contributed by atoms with E-state index >= 15 is 0 Å². The van der Waals surface area contributed by atoms with Gasteiger partial charge in [0.25, 0.3) is 5.76 Å². The van der Waals surface area contributed by atoms with Gasteiger partial charge in [-0.05, 0) is 36.6 Å². The van der Waals surface area contributed by atoms with E-state index in [0.29, 0.717) is 28.1 Å². The van der Waals surface area contributed by atoms with Gasteiger partial charge < -0.3 is 9.88 Å². The minimum atomic E-state index is -2.49. The Balaban J connectivity index is 1.78. The summed E-state index contributed by atoms with van der Waals surface area (Å²) < 4.78 is 26.9. The molecular weight excluding hydrogens is 376 g/mol. The third-order valence-electron chi connectivity index (χ3n) is 3.65. The molecule has 0 aliphatic rings. The standard InChI is InChI=1S/C18H17F2N3OS2/c1-25-11-16-22-14-7-2-3-8-15(14)23(16)10-17(24)21-12-5-4-6-13(9-12)26-18(19)20/h2-9,18H,10-11H2,1H3,(H,21,24). The number of fused-ring (bicyclic) bond motifs is 1. The van der Waals surface area contributed by atoms with Crippen LogP contribution in [0.25, 0.3) is 11.0 Å². The van der Waals surface area contributed by atoms with Gasteiger partial charge in [-0.3, -0.25) is 4.79 Å². The molecule has 8 heteroatoms. The summed E-state index contributed by atoms with van der Waals surface area (Å²) in [6.07, 6.45) is 1.98. The number of hydrogen-bond acceptors (Lipinski definition) is 4. The van der Waals surface area contributed by atoms with E-state index in [1.54, 1.807) is 36.0 Å². The zero-order valence-electron chi connectivity index (χ0n) is 14.0. The van der Waals surface area contributed by atoms with Gasteiger partial charge in [0.05, 0.1) is 16.8 Å². The summed E-state index contributed by atoms with van der Waals surface area (Å²) in [6.45, 7) is 0.114. The molecule has 0 bridgehead atoms. The molecule has 0 aliphatic carbocycles. The van der Waals surface area contributed by atoms with Crippen LogP contribution in [0.3, 0.4) is 0 Å². The van der Waals surface area contributed by atoms with Crippen molar-refractivity contribution in [3.63, 3.8) is 0 Å². The van der Waals surface area contributed by atoms with Crippen molar-refractivity contribution in [2.45, 2.75) is 23.0 Å². The molecule has 136 valence electrons. The molecule has 1 aromatic heterocycles. The number of nitrogens with one attached hydrogen (secondary N) is 1. The first kappa shape index (κ1) is 18.7. The summed E-state index contributed by atoms with van der Waals surface area (Å²) in [4.78, 5) is 17.5. The summed E-state index contributed by atoms with van der Waals surface area (Å²) >= 11 is 2.09. The molecule has 4 nitrogen and oxygen atoms in total. The number of carbonyl (C=O) groups is 1. The molecule has 1 amide bonds. The summed E-state index contributed by atoms with van der Waals surface area (Å²) in [5.74, 6) is -1.19. The lowest BCUT2D eigenvalue weighted by molar-refractivity contribution is -0.116. The lowest BCUT2D eigenvalue weighted by atomic mass is 10.3. The Hall–Kier alpha value is -2.06. The molecule has 0 radical (unpaired) electrons. The highest BCUT2D eigenvalue weighted by Gasteiger charge is 2.14. The van der Waals surface area contributed by atoms with Crippen LogP contribution >= 0.6 is 23.5 Å². The molecule has 0 aliphatic heterocycles. The zero-order chi connectivity index (χ0) is 18.5. The predicted molar refractivity (Wildman–Crippen MR) is 104 cm³/mol. The molecule has 26 heavy (non-hydrogen) atoms. The van der Waals surface area contributed by atoms with Crippen LogP contribution in [0.15, 0.2) is 53.4 Å². The van der Waals surface area contributed by atoms with Gasteiger partial charge in [0.15, 0.2) is 0 Å². The maximum absolute atomic E-state index is 12.5. The third-order valence-corrected chi connectivity index (χ3v) is 4.90. The zero-order valence-corrected chi connectivity index (χ0v) is 15.6. The van der Waals surface area contributed by atoms with Crippen LogP contribution in [-0.4, -0.2) is 27.5 Å². The van der Waals surface area contributed by atoms with Gasteiger partial charge in [0, 0.05) is 10.6 Å². The molecular formula is C18H17F2N3OS2. The minimum Gasteiger partial charge on any atom is -0.324 e. The molecule has 0 unspecified atom stereocenters. The molecule has 0 atom stereocenters. The Morgan fingerprint density at radius 3 is 2.81 bits per heavy atom. The smallest absolute Gasteiger partial charge is 0.288 e. The van der Waals surface area contributed by atoms with E-state index in [1.807, 2.05) is 35.1 Å². The van der Waals surface area contributed by atoms with Crippen LogP contribution in [0.2, 0.25) is 0 Å². The van der Waals surface area contributed by atoms with Crippen molar-refractivity contribution in [2.24, 2.45) is 0 Å². The second-order valence-electron chi connectivity index (χ2n) is 5.49. The number of carbonyl (C=O) groups excluding carboxylic acids is 1. The Morgan fingerprint density at radius 1 is 1.23 bits per heavy atom. The molecule has 3 aromatic rings. The fraction of sp³-hybridized carbons (Fsp3) is 0.222. The molecule has 2 aromatic carbocycles. The number of hydrogen-bond donors (Lipinski definition) is 1. The average molecular weight is 393 g/mol. The number of para-hydroxylation sites is 2. The first-order valence-corrected chi connectivity index (χ1v) is 10.1. The number of nitrogens with zero attached hydrogens (tertiary/aromatic N) is 2. The van der Waals surface area contributed by atoms with Gasteiger partial charge in [-0.2, -0.15) is 20.5 Å². The van der Waals surface area contributed by atoms with Crippen molar-refractivity contribution in [1.29, 1.82) is 0 Å². The van der Waals surface area contributed by atoms with E-state index in [4.69, 9.17) is 0 Å². The fourth-order valence-corrected chi connectivity index (χ4v) is 3.67. The van der Waals surface area contributed by atoms with Crippen LogP contribution in [0, 0.1) is 0 Å². The molecule has 0 saturated carbocycles. The number of benzene rings is 2. The highest BCUT2D eigenvalue weighted by atomic mass is 32.2. The van der Waals surface area contributed by atoms with Crippen molar-refractivity contribution in [2.75, 3.05) is 11.6 Å². The normalized spacial score (nSPS) is 11.2. The van der Waals surface area contributed by atoms with Crippen molar-refractivity contribution >= 4 is 46.2 Å². The number of halogens is 2. The minimum absolute atomic E-state index is 0.114. The largest absolute Gasteiger partial charge is 0.324 e. The Labute approximate surface area is 158 Å². The maximum atomic E-state index is 12.5. The van der Waals surface area contributed by atoms with E-state index in [0.717, 1.165) is 16.9 Å². The van der Waals surface area contributed by atoms with Gasteiger partial charge in [0.1, 0.15) is 12.4 Å². The number of rotatable bonds is 7. The molecule has 3 rings (SSSR count). The average Bonchev–Trinajstić information content (AvgIpc) is 2.92. The first-order valence-electron chi connectivity index (χ1n) is 7.84. The number of thioether (sulfide) groups is 2. The summed E-state index contributed by atoms with van der Waals surface area (Å²) in [7, 11) is 0. The van der Waals surface area contributed by atoms with Crippen molar-refractivity contribution in [1.82, 2.24) is 9.55 Å². The van der Waals surface area contributed by atoms with Crippen LogP contribution in [-0.2, 0) is 17.1 Å². The first-order chi connectivity index (χ1) is 12.6. The van der Waals surface area contributed by atoms with Crippen LogP contribution in [0.1, 0.15) is 5.82 Å². The van der Waals surface area contributed by atoms with Gasteiger partial charge in [0.2, 0.25) is 5.91 Å². The maximum Gasteiger partial charge on any atom is 0.288 e. The highest BCUT2D eigenvalue weighted by Crippen LogP contribution is 2.27. The molecule has 1 heterocycles. The number of alkyl halides is 2. The van der Waals surface area contributed by atoms with Gasteiger partial charge in [-0.1, -0.05) is 30.0 Å². The molecule has 1 N–H and O–H groups in total. The Kier molecular flexibility index (Phi) is 6.16. The number of anilines is 1. The Bertz CT molecular complexity index is 914. The molecule has 0 saturated heterocycles. The second kappa shape index (κ2) is 8.55. The number of amides is 1. The van der Waals surface area contributed by atoms with E-state index in [-0.39, 0.29) is 12.5 Å². The van der Waals surface area contributed by atoms with Crippen molar-refractivity contribution < 1.29 is 13.6 Å². The SMILES string of the molecule is CSCc1nc2ccccc2n1CC(=O)Nc1cccc(SC(F)F)c1. The molecule has 0 fully saturated rings. The van der Waals surface area contributed by atoms with E-state index in [2.05, 4.69) is 10.3 Å². The van der Waals surface area contributed by atoms with E-state index < -0.39 is 5.76 Å². The lowest BCUT2D eigenvalue weighted by Crippen LogP contribution is -2.20. The van der Waals surface area contributed by atoms with Gasteiger partial charge >= 0.3 is 0 Å². The van der Waals surface area contributed by atoms with Crippen molar-refractivity contribution in [3.8, 4) is 0 Å². The topological polar surface area (TPSA) is 46.9 Å². The van der Waals surface area contributed by atoms with E-state index in [1.165, 1.54) is 0 Å². The van der Waals surface area contributed by atoms with Gasteiger partial charge in [-0.25, -0.2) is 4.98 Å². The summed E-state index contributed by atoms with van der Waals surface area (Å²) in [5, 5.41) is 2.78. The third kappa shape index (κ3) is 4.56. The summed E-state index contributed by atoms with van der Waals surface area (Å²) in [6, 6.07) is 14.1. The van der Waals surface area contributed by atoms with Gasteiger partial charge in [-0.15, -0.1) is 0 Å². The lowest BCUT2D eigenvalue weighted by Gasteiger charge is -2.10.